The van der Waals surface area contributed by atoms with Gasteiger partial charge in [-0.15, -0.1) is 0 Å². The van der Waals surface area contributed by atoms with Crippen LogP contribution in [0, 0.1) is 0 Å². The van der Waals surface area contributed by atoms with Crippen LogP contribution in [0.3, 0.4) is 0 Å². The quantitative estimate of drug-likeness (QED) is 0.138. The molecule has 6 aromatic carbocycles. The van der Waals surface area contributed by atoms with Crippen molar-refractivity contribution in [3.05, 3.63) is 144 Å². The fourth-order valence-corrected chi connectivity index (χ4v) is 10.4. The second-order valence-corrected chi connectivity index (χ2v) is 23.7. The third kappa shape index (κ3) is 11.1. The van der Waals surface area contributed by atoms with Crippen molar-refractivity contribution in [3.63, 3.8) is 0 Å². The number of sulfone groups is 3. The Hall–Kier alpha value is -7.00. The van der Waals surface area contributed by atoms with Gasteiger partial charge in [0.25, 0.3) is 11.8 Å². The Balaban J connectivity index is 0.000000188. The molecule has 71 heavy (non-hydrogen) atoms. The molecule has 0 radical (unpaired) electrons. The van der Waals surface area contributed by atoms with Gasteiger partial charge >= 0.3 is 0 Å². The Morgan fingerprint density at radius 1 is 0.535 bits per heavy atom. The third-order valence-electron chi connectivity index (χ3n) is 11.8. The first-order chi connectivity index (χ1) is 33.3. The Bertz CT molecular complexity index is 3690. The van der Waals surface area contributed by atoms with E-state index in [0.29, 0.717) is 67.3 Å². The van der Waals surface area contributed by atoms with Crippen molar-refractivity contribution in [3.8, 4) is 33.8 Å². The summed E-state index contributed by atoms with van der Waals surface area (Å²) in [6.45, 7) is 2.25. The van der Waals surface area contributed by atoms with E-state index in [1.165, 1.54) is 36.4 Å². The van der Waals surface area contributed by atoms with Gasteiger partial charge in [-0.2, -0.15) is 0 Å². The Morgan fingerprint density at radius 3 is 1.37 bits per heavy atom. The number of hydrogen-bond acceptors (Lipinski definition) is 13. The van der Waals surface area contributed by atoms with Crippen molar-refractivity contribution >= 4 is 75.2 Å². The minimum Gasteiger partial charge on any atom is -0.491 e. The van der Waals surface area contributed by atoms with Crippen LogP contribution >= 0.6 is 11.8 Å². The first-order valence-corrected chi connectivity index (χ1v) is 28.7. The summed E-state index contributed by atoms with van der Waals surface area (Å²) in [4.78, 5) is 44.9. The van der Waals surface area contributed by atoms with Crippen molar-refractivity contribution in [1.82, 2.24) is 29.7 Å². The molecular weight excluding hydrogens is 985 g/mol. The van der Waals surface area contributed by atoms with Gasteiger partial charge in [0.1, 0.15) is 24.7 Å². The van der Waals surface area contributed by atoms with E-state index in [1.807, 2.05) is 60.9 Å². The zero-order valence-electron chi connectivity index (χ0n) is 38.3. The van der Waals surface area contributed by atoms with Crippen LogP contribution in [0.1, 0.15) is 39.3 Å². The maximum absolute atomic E-state index is 13.2. The number of imidazole rings is 2. The molecule has 0 bridgehead atoms. The van der Waals surface area contributed by atoms with Gasteiger partial charge in [0.05, 0.1) is 44.9 Å². The van der Waals surface area contributed by atoms with Gasteiger partial charge in [-0.1, -0.05) is 43.5 Å². The molecule has 0 fully saturated rings. The van der Waals surface area contributed by atoms with E-state index >= 15 is 0 Å². The number of ether oxygens (including phenoxy) is 2. The first kappa shape index (κ1) is 50.4. The molecule has 0 saturated carbocycles. The lowest BCUT2D eigenvalue weighted by molar-refractivity contribution is 0.0726. The van der Waals surface area contributed by atoms with Crippen LogP contribution < -0.4 is 9.47 Å². The van der Waals surface area contributed by atoms with E-state index in [-0.39, 0.29) is 34.2 Å². The predicted molar refractivity (Wildman–Crippen MR) is 274 cm³/mol. The number of aromatic amines is 2. The number of rotatable bonds is 8. The number of carbonyl (C=O) groups is 2. The van der Waals surface area contributed by atoms with Gasteiger partial charge in [-0.25, -0.2) is 35.2 Å². The van der Waals surface area contributed by atoms with E-state index in [1.54, 1.807) is 39.8 Å². The fourth-order valence-electron chi connectivity index (χ4n) is 8.15. The summed E-state index contributed by atoms with van der Waals surface area (Å²) in [5.41, 5.74) is 9.44. The Morgan fingerprint density at radius 2 is 0.944 bits per heavy atom. The first-order valence-electron chi connectivity index (χ1n) is 21.8. The minimum atomic E-state index is -3.46. The maximum atomic E-state index is 13.2. The largest absolute Gasteiger partial charge is 0.491 e. The highest BCUT2D eigenvalue weighted by Crippen LogP contribution is 2.34. The van der Waals surface area contributed by atoms with Crippen molar-refractivity contribution in [1.29, 1.82) is 0 Å². The van der Waals surface area contributed by atoms with Crippen molar-refractivity contribution < 1.29 is 44.3 Å². The predicted octanol–water partition coefficient (Wildman–Crippen LogP) is 8.10. The van der Waals surface area contributed by atoms with E-state index < -0.39 is 29.5 Å². The molecule has 2 N–H and O–H groups in total. The zero-order chi connectivity index (χ0) is 49.5. The number of benzene rings is 6. The summed E-state index contributed by atoms with van der Waals surface area (Å²) in [6.07, 6.45) is 5.36. The van der Waals surface area contributed by atoms with Gasteiger partial charge in [-0.3, -0.25) is 9.59 Å². The van der Waals surface area contributed by atoms with E-state index in [0.717, 1.165) is 74.1 Å². The lowest BCUT2D eigenvalue weighted by Crippen LogP contribution is -2.32. The van der Waals surface area contributed by atoms with Crippen LogP contribution in [0.15, 0.2) is 141 Å². The summed E-state index contributed by atoms with van der Waals surface area (Å²) in [6, 6.07) is 35.3. The number of fused-ring (bicyclic) bond motifs is 4. The molecule has 368 valence electrons. The number of nitrogens with zero attached hydrogens (tertiary/aromatic N) is 4. The molecule has 8 aromatic rings. The smallest absolute Gasteiger partial charge is 0.254 e. The number of carbonyl (C=O) groups excluding carboxylic acids is 2. The molecule has 4 heterocycles. The molecule has 10 rings (SSSR count). The topological polar surface area (TPSA) is 219 Å². The van der Waals surface area contributed by atoms with Crippen molar-refractivity contribution in [2.45, 2.75) is 40.6 Å². The second-order valence-electron chi connectivity index (χ2n) is 16.9. The minimum absolute atomic E-state index is 0. The summed E-state index contributed by atoms with van der Waals surface area (Å²) < 4.78 is 82.3. The Kier molecular flexibility index (Phi) is 14.2. The molecular formula is C51H50N6O10S4. The van der Waals surface area contributed by atoms with E-state index in [9.17, 15) is 34.8 Å². The van der Waals surface area contributed by atoms with Gasteiger partial charge in [0.2, 0.25) is 15.0 Å². The van der Waals surface area contributed by atoms with Crippen LogP contribution in [0.2, 0.25) is 0 Å². The van der Waals surface area contributed by atoms with E-state index in [4.69, 9.17) is 9.47 Å². The van der Waals surface area contributed by atoms with Crippen LogP contribution in [-0.2, 0) is 42.6 Å². The highest BCUT2D eigenvalue weighted by Gasteiger charge is 2.24. The summed E-state index contributed by atoms with van der Waals surface area (Å²) >= 11 is 1.57. The van der Waals surface area contributed by atoms with Gasteiger partial charge in [0, 0.05) is 54.1 Å². The van der Waals surface area contributed by atoms with Crippen molar-refractivity contribution in [2.75, 3.05) is 51.3 Å². The zero-order valence-corrected chi connectivity index (χ0v) is 41.6. The number of hydrogen-bond donors (Lipinski definition) is 2. The molecule has 2 aromatic heterocycles. The number of thioether (sulfide) groups is 1. The normalized spacial score (nSPS) is 13.9. The lowest BCUT2D eigenvalue weighted by atomic mass is 10.0. The third-order valence-corrected chi connectivity index (χ3v) is 15.6. The van der Waals surface area contributed by atoms with Crippen LogP contribution in [0.5, 0.6) is 11.5 Å². The average molecular weight is 1040 g/mol. The van der Waals surface area contributed by atoms with Gasteiger partial charge in [-0.05, 0) is 126 Å². The summed E-state index contributed by atoms with van der Waals surface area (Å²) in [7, 11) is -10.1. The SMILES string of the molecule is C.CS(=O)(=O)c1ccc(C(=O)N2CCOc3ccc(-c4ccc5nc(S(C)(=O)=O)[nH]c5c4)cc3C2)cc1.CSc1nc2ccc(-c3ccc4c(c3)CN(C(=O)c3ccc(S(C)(=O)=O)cc3)CCO4)cc2[nH]1. The summed E-state index contributed by atoms with van der Waals surface area (Å²) in [5.74, 6) is 1.07. The monoisotopic (exact) mass is 1030 g/mol. The van der Waals surface area contributed by atoms with Crippen LogP contribution in [-0.4, -0.2) is 118 Å². The average Bonchev–Trinajstić information content (AvgIpc) is 3.83. The molecule has 16 nitrogen and oxygen atoms in total. The van der Waals surface area contributed by atoms with Gasteiger partial charge in [0.15, 0.2) is 24.8 Å². The maximum Gasteiger partial charge on any atom is 0.254 e. The van der Waals surface area contributed by atoms with E-state index in [2.05, 4.69) is 32.1 Å². The second kappa shape index (κ2) is 20.0. The molecule has 0 unspecified atom stereocenters. The molecule has 0 aliphatic carbocycles. The van der Waals surface area contributed by atoms with Crippen molar-refractivity contribution in [2.24, 2.45) is 0 Å². The summed E-state index contributed by atoms with van der Waals surface area (Å²) in [5, 5.41) is 0.796. The number of H-pyrrole nitrogens is 2. The highest BCUT2D eigenvalue weighted by molar-refractivity contribution is 7.98. The van der Waals surface area contributed by atoms with Crippen LogP contribution in [0.25, 0.3) is 44.3 Å². The molecule has 2 aliphatic heterocycles. The standard InChI is InChI=1S/C25H23N3O6S2.C25H23N3O4S2.CH4/c1-35(30,31)20-7-3-16(4-8-20)24(29)28-11-12-34-23-10-6-17(13-19(23)15-28)18-5-9-21-22(14-18)27-25(26-21)36(2,32)33;1-33-25-26-21-9-5-18(14-22(21)27-25)17-6-10-23-19(13-17)15-28(11-12-32-23)24(29)16-3-7-20(8-4-16)34(2,30)31;/h3-10,13-14H,11-12,15H2,1-2H3,(H,26,27);3-10,13-14H,11-12,15H2,1-2H3,(H,26,27);1H4. The van der Waals surface area contributed by atoms with Crippen LogP contribution in [0.4, 0.5) is 0 Å². The highest BCUT2D eigenvalue weighted by atomic mass is 32.2. The molecule has 20 heteroatoms. The lowest BCUT2D eigenvalue weighted by Gasteiger charge is -2.20. The molecule has 2 amide bonds. The number of amides is 2. The molecule has 0 spiro atoms. The van der Waals surface area contributed by atoms with Gasteiger partial charge < -0.3 is 29.2 Å². The Labute approximate surface area is 416 Å². The molecule has 0 saturated heterocycles. The fraction of sp³-hybridized carbons (Fsp3) is 0.216. The number of aromatic nitrogens is 4. The number of nitrogens with one attached hydrogen (secondary N) is 2. The molecule has 2 aliphatic rings. The molecule has 0 atom stereocenters.